The van der Waals surface area contributed by atoms with Crippen molar-refractivity contribution in [1.82, 2.24) is 10.9 Å². The van der Waals surface area contributed by atoms with Crippen molar-refractivity contribution < 1.29 is 37.7 Å². The van der Waals surface area contributed by atoms with Gasteiger partial charge in [-0.1, -0.05) is 0 Å². The van der Waals surface area contributed by atoms with Crippen molar-refractivity contribution in [3.8, 4) is 5.75 Å². The van der Waals surface area contributed by atoms with Crippen LogP contribution in [0.4, 0.5) is 20.6 Å². The van der Waals surface area contributed by atoms with Gasteiger partial charge in [0.1, 0.15) is 18.0 Å². The summed E-state index contributed by atoms with van der Waals surface area (Å²) in [5, 5.41) is 28.5. The van der Waals surface area contributed by atoms with E-state index in [0.717, 1.165) is 6.07 Å². The predicted molar refractivity (Wildman–Crippen MR) is 82.6 cm³/mol. The van der Waals surface area contributed by atoms with E-state index in [1.54, 1.807) is 4.72 Å². The number of aromatic hydroxyl groups is 1. The lowest BCUT2D eigenvalue weighted by Gasteiger charge is -2.21. The number of phenolic OH excluding ortho intramolecular Hbond substituents is 1. The number of hydrogen-bond donors (Lipinski definition) is 5. The standard InChI is InChI=1S/C12H12FN3O7S.H3N/c13-10-6-1-5(4-17)16(12(20)21)7(6)2-8(18)11(10)15-3-9(19)14-24(15,22)23;/h2,5,17-18H,1,3-4H2,(H,14,19)(H,20,21);1H3/t5-;/m1./s1. The molecule has 25 heavy (non-hydrogen) atoms. The van der Waals surface area contributed by atoms with Crippen molar-refractivity contribution >= 4 is 33.6 Å². The number of fused-ring (bicyclic) bond motifs is 1. The van der Waals surface area contributed by atoms with Gasteiger partial charge in [0.15, 0.2) is 5.82 Å². The number of carbonyl (C=O) groups excluding carboxylic acids is 1. The second-order valence-corrected chi connectivity index (χ2v) is 6.88. The first-order valence-corrected chi connectivity index (χ1v) is 8.12. The van der Waals surface area contributed by atoms with E-state index in [2.05, 4.69) is 0 Å². The van der Waals surface area contributed by atoms with Crippen LogP contribution < -0.4 is 20.1 Å². The van der Waals surface area contributed by atoms with Gasteiger partial charge in [0.25, 0.3) is 5.91 Å². The SMILES string of the molecule is N.O=C1CN(c2c(O)cc3c(c2F)C[C@H](CO)N3C(=O)O)S(=O)(=O)N1. The van der Waals surface area contributed by atoms with Gasteiger partial charge in [-0.2, -0.15) is 8.42 Å². The Balaban J connectivity index is 0.00000225. The first-order chi connectivity index (χ1) is 11.2. The molecule has 1 saturated heterocycles. The van der Waals surface area contributed by atoms with Crippen LogP contribution in [0.1, 0.15) is 5.56 Å². The average molecular weight is 378 g/mol. The van der Waals surface area contributed by atoms with Gasteiger partial charge in [-0.15, -0.1) is 0 Å². The highest BCUT2D eigenvalue weighted by molar-refractivity contribution is 7.92. The Morgan fingerprint density at radius 2 is 2.08 bits per heavy atom. The summed E-state index contributed by atoms with van der Waals surface area (Å²) in [6, 6.07) is -0.0628. The average Bonchev–Trinajstić information content (AvgIpc) is 2.96. The molecule has 3 rings (SSSR count). The Morgan fingerprint density at radius 1 is 1.44 bits per heavy atom. The van der Waals surface area contributed by atoms with Crippen LogP contribution in [-0.4, -0.2) is 54.9 Å². The minimum absolute atomic E-state index is 0. The smallest absolute Gasteiger partial charge is 0.412 e. The Kier molecular flexibility index (Phi) is 4.50. The van der Waals surface area contributed by atoms with Gasteiger partial charge in [0, 0.05) is 18.1 Å². The van der Waals surface area contributed by atoms with Gasteiger partial charge >= 0.3 is 16.3 Å². The summed E-state index contributed by atoms with van der Waals surface area (Å²) in [4.78, 5) is 23.3. The van der Waals surface area contributed by atoms with Crippen LogP contribution in [0.25, 0.3) is 0 Å². The fourth-order valence-corrected chi connectivity index (χ4v) is 4.04. The molecule has 11 nitrogen and oxygen atoms in total. The van der Waals surface area contributed by atoms with E-state index in [4.69, 9.17) is 0 Å². The maximum Gasteiger partial charge on any atom is 0.412 e. The van der Waals surface area contributed by atoms with Crippen molar-refractivity contribution in [3.05, 3.63) is 17.4 Å². The van der Waals surface area contributed by atoms with Crippen LogP contribution in [0.2, 0.25) is 0 Å². The Labute approximate surface area is 141 Å². The fourth-order valence-electron chi connectivity index (χ4n) is 2.87. The van der Waals surface area contributed by atoms with E-state index in [1.807, 2.05) is 0 Å². The molecule has 1 aromatic carbocycles. The largest absolute Gasteiger partial charge is 0.506 e. The first kappa shape index (κ1) is 18.7. The van der Waals surface area contributed by atoms with Crippen LogP contribution in [-0.2, 0) is 21.4 Å². The molecule has 0 bridgehead atoms. The van der Waals surface area contributed by atoms with Gasteiger partial charge in [0.05, 0.1) is 18.3 Å². The Morgan fingerprint density at radius 3 is 2.56 bits per heavy atom. The molecule has 7 N–H and O–H groups in total. The number of aliphatic hydroxyl groups excluding tert-OH is 1. The molecule has 1 atom stereocenters. The van der Waals surface area contributed by atoms with Gasteiger partial charge < -0.3 is 21.5 Å². The van der Waals surface area contributed by atoms with Crippen molar-refractivity contribution in [2.45, 2.75) is 12.5 Å². The first-order valence-electron chi connectivity index (χ1n) is 6.68. The zero-order chi connectivity index (χ0) is 17.8. The monoisotopic (exact) mass is 378 g/mol. The van der Waals surface area contributed by atoms with Gasteiger partial charge in [0.2, 0.25) is 0 Å². The van der Waals surface area contributed by atoms with Crippen LogP contribution in [0.15, 0.2) is 6.07 Å². The highest BCUT2D eigenvalue weighted by Crippen LogP contribution is 2.44. The summed E-state index contributed by atoms with van der Waals surface area (Å²) >= 11 is 0. The maximum atomic E-state index is 14.8. The molecule has 0 aliphatic carbocycles. The van der Waals surface area contributed by atoms with E-state index < -0.39 is 58.7 Å². The Hall–Kier alpha value is -2.64. The molecule has 0 unspecified atom stereocenters. The number of nitrogens with zero attached hydrogens (tertiary/aromatic N) is 2. The number of nitrogens with one attached hydrogen (secondary N) is 1. The molecule has 2 aliphatic rings. The number of amides is 2. The van der Waals surface area contributed by atoms with Crippen molar-refractivity contribution in [1.29, 1.82) is 0 Å². The van der Waals surface area contributed by atoms with Gasteiger partial charge in [-0.05, 0) is 0 Å². The van der Waals surface area contributed by atoms with Gasteiger partial charge in [-0.25, -0.2) is 18.2 Å². The zero-order valence-corrected chi connectivity index (χ0v) is 13.5. The summed E-state index contributed by atoms with van der Waals surface area (Å²) in [5.74, 6) is -2.89. The summed E-state index contributed by atoms with van der Waals surface area (Å²) in [6.07, 6.45) is -1.66. The van der Waals surface area contributed by atoms with E-state index in [0.29, 0.717) is 9.21 Å². The number of hydrogen-bond acceptors (Lipinski definition) is 7. The number of halogens is 1. The topological polar surface area (TPSA) is 182 Å². The summed E-state index contributed by atoms with van der Waals surface area (Å²) < 4.78 is 40.5. The number of carboxylic acid groups (broad SMARTS) is 1. The highest BCUT2D eigenvalue weighted by Gasteiger charge is 2.42. The van der Waals surface area contributed by atoms with E-state index >= 15 is 0 Å². The third-order valence-electron chi connectivity index (χ3n) is 3.85. The quantitative estimate of drug-likeness (QED) is 0.446. The molecule has 0 saturated carbocycles. The molecule has 0 radical (unpaired) electrons. The second kappa shape index (κ2) is 6.02. The molecule has 13 heteroatoms. The van der Waals surface area contributed by atoms with Crippen molar-refractivity contribution in [2.24, 2.45) is 0 Å². The van der Waals surface area contributed by atoms with E-state index in [-0.39, 0.29) is 23.8 Å². The molecule has 2 heterocycles. The number of benzene rings is 1. The molecule has 1 fully saturated rings. The molecular weight excluding hydrogens is 363 g/mol. The van der Waals surface area contributed by atoms with Crippen LogP contribution >= 0.6 is 0 Å². The highest BCUT2D eigenvalue weighted by atomic mass is 32.2. The third kappa shape index (κ3) is 2.71. The zero-order valence-electron chi connectivity index (χ0n) is 12.6. The summed E-state index contributed by atoms with van der Waals surface area (Å²) in [6.45, 7) is -1.30. The normalized spacial score (nSPS) is 20.9. The lowest BCUT2D eigenvalue weighted by atomic mass is 10.1. The van der Waals surface area contributed by atoms with Crippen LogP contribution in [0.3, 0.4) is 0 Å². The van der Waals surface area contributed by atoms with Gasteiger partial charge in [-0.3, -0.25) is 9.69 Å². The molecule has 0 spiro atoms. The Bertz CT molecular complexity index is 860. The lowest BCUT2D eigenvalue weighted by molar-refractivity contribution is -0.117. The number of carbonyl (C=O) groups is 2. The molecule has 0 aromatic heterocycles. The molecular formula is C12H15FN4O7S. The van der Waals surface area contributed by atoms with Crippen LogP contribution in [0, 0.1) is 5.82 Å². The summed E-state index contributed by atoms with van der Waals surface area (Å²) in [5.41, 5.74) is -1.09. The molecule has 2 amide bonds. The van der Waals surface area contributed by atoms with Crippen LogP contribution in [0.5, 0.6) is 5.75 Å². The number of aliphatic hydroxyl groups is 1. The van der Waals surface area contributed by atoms with Crippen molar-refractivity contribution in [3.63, 3.8) is 0 Å². The minimum Gasteiger partial charge on any atom is -0.506 e. The second-order valence-electron chi connectivity index (χ2n) is 5.29. The fraction of sp³-hybridized carbons (Fsp3) is 0.333. The maximum absolute atomic E-state index is 14.8. The molecule has 2 aliphatic heterocycles. The van der Waals surface area contributed by atoms with Crippen molar-refractivity contribution in [2.75, 3.05) is 22.4 Å². The molecule has 138 valence electrons. The third-order valence-corrected chi connectivity index (χ3v) is 5.23. The summed E-state index contributed by atoms with van der Waals surface area (Å²) in [7, 11) is -4.35. The number of anilines is 2. The lowest BCUT2D eigenvalue weighted by Crippen LogP contribution is -2.38. The molecule has 1 aromatic rings. The number of phenols is 1. The van der Waals surface area contributed by atoms with E-state index in [1.165, 1.54) is 0 Å². The number of rotatable bonds is 2. The minimum atomic E-state index is -4.35. The van der Waals surface area contributed by atoms with E-state index in [9.17, 15) is 37.7 Å². The predicted octanol–water partition coefficient (Wildman–Crippen LogP) is -0.724.